The van der Waals surface area contributed by atoms with Crippen LogP contribution in [0.3, 0.4) is 0 Å². The van der Waals surface area contributed by atoms with Gasteiger partial charge in [-0.2, -0.15) is 0 Å². The topological polar surface area (TPSA) is 43.1 Å². The Hall–Kier alpha value is -1.15. The lowest BCUT2D eigenvalue weighted by Crippen LogP contribution is -2.32. The number of hydrogen-bond donors (Lipinski definition) is 1. The highest BCUT2D eigenvalue weighted by Gasteiger charge is 2.13. The van der Waals surface area contributed by atoms with Gasteiger partial charge in [-0.15, -0.1) is 0 Å². The van der Waals surface area contributed by atoms with Crippen LogP contribution in [0.1, 0.15) is 32.8 Å². The first-order valence-electron chi connectivity index (χ1n) is 5.54. The number of rotatable bonds is 5. The van der Waals surface area contributed by atoms with Crippen LogP contribution in [-0.2, 0) is 17.6 Å². The van der Waals surface area contributed by atoms with Crippen molar-refractivity contribution in [3.05, 3.63) is 35.4 Å². The number of carbonyl (C=O) groups excluding carboxylic acids is 1. The first-order valence-corrected chi connectivity index (χ1v) is 5.54. The van der Waals surface area contributed by atoms with Crippen molar-refractivity contribution < 1.29 is 6.22 Å². The van der Waals surface area contributed by atoms with Gasteiger partial charge in [-0.05, 0) is 24.0 Å². The van der Waals surface area contributed by atoms with E-state index in [-0.39, 0.29) is 13.3 Å². The smallest absolute Gasteiger partial charge is 0.149 e. The third kappa shape index (κ3) is 3.17. The normalized spacial score (nSPS) is 12.5. The highest BCUT2D eigenvalue weighted by Crippen LogP contribution is 2.11. The summed E-state index contributed by atoms with van der Waals surface area (Å²) in [4.78, 5) is 11.4. The Morgan fingerprint density at radius 1 is 1.33 bits per heavy atom. The molecular formula is C13H21NO. The third-order valence-corrected chi connectivity index (χ3v) is 2.70. The van der Waals surface area contributed by atoms with Gasteiger partial charge in [-0.1, -0.05) is 38.1 Å². The summed E-state index contributed by atoms with van der Waals surface area (Å²) >= 11 is 0. The maximum atomic E-state index is 11.4. The number of Topliss-reactive ketones (excluding diaryl/α,β-unsaturated/α-hetero) is 1. The molecule has 0 aliphatic rings. The first-order chi connectivity index (χ1) is 7.19. The van der Waals surface area contributed by atoms with Crippen LogP contribution in [0.5, 0.6) is 0 Å². The summed E-state index contributed by atoms with van der Waals surface area (Å²) in [6.07, 6.45) is 2.18. The molecule has 1 aromatic carbocycles. The Balaban J connectivity index is 0.00000225. The molecule has 2 nitrogen and oxygen atoms in total. The molecular weight excluding hydrogens is 186 g/mol. The monoisotopic (exact) mass is 207 g/mol. The SMILES string of the molecule is CCC(=O)C(N)Cc1ccccc1CC.[HH]. The third-order valence-electron chi connectivity index (χ3n) is 2.70. The molecule has 0 aliphatic carbocycles. The van der Waals surface area contributed by atoms with Crippen molar-refractivity contribution in [2.24, 2.45) is 5.73 Å². The van der Waals surface area contributed by atoms with Crippen molar-refractivity contribution in [1.29, 1.82) is 0 Å². The second-order valence-electron chi connectivity index (χ2n) is 3.75. The summed E-state index contributed by atoms with van der Waals surface area (Å²) in [5.74, 6) is 0.140. The maximum absolute atomic E-state index is 11.4. The minimum Gasteiger partial charge on any atom is -0.321 e. The average Bonchev–Trinajstić information content (AvgIpc) is 2.28. The molecule has 0 saturated carbocycles. The molecule has 0 aromatic heterocycles. The fourth-order valence-electron chi connectivity index (χ4n) is 1.71. The molecule has 1 rings (SSSR count). The van der Waals surface area contributed by atoms with E-state index in [2.05, 4.69) is 19.1 Å². The number of aryl methyl sites for hydroxylation is 1. The molecule has 0 heterocycles. The summed E-state index contributed by atoms with van der Waals surface area (Å²) in [6.45, 7) is 3.97. The average molecular weight is 207 g/mol. The van der Waals surface area contributed by atoms with Gasteiger partial charge in [0.05, 0.1) is 6.04 Å². The zero-order chi connectivity index (χ0) is 11.3. The molecule has 0 bridgehead atoms. The molecule has 15 heavy (non-hydrogen) atoms. The van der Waals surface area contributed by atoms with Crippen LogP contribution in [0.4, 0.5) is 0 Å². The highest BCUT2D eigenvalue weighted by molar-refractivity contribution is 5.83. The molecule has 0 amide bonds. The van der Waals surface area contributed by atoms with Crippen LogP contribution in [0.2, 0.25) is 0 Å². The van der Waals surface area contributed by atoms with E-state index in [9.17, 15) is 4.79 Å². The lowest BCUT2D eigenvalue weighted by atomic mass is 9.96. The predicted octanol–water partition coefficient (Wildman–Crippen LogP) is 2.34. The summed E-state index contributed by atoms with van der Waals surface area (Å²) in [7, 11) is 0. The molecule has 0 radical (unpaired) electrons. The van der Waals surface area contributed by atoms with Gasteiger partial charge in [0.15, 0.2) is 0 Å². The summed E-state index contributed by atoms with van der Waals surface area (Å²) in [6, 6.07) is 7.83. The fourth-order valence-corrected chi connectivity index (χ4v) is 1.71. The molecule has 0 saturated heterocycles. The molecule has 2 heteroatoms. The van der Waals surface area contributed by atoms with E-state index in [0.29, 0.717) is 12.8 Å². The number of benzene rings is 1. The van der Waals surface area contributed by atoms with E-state index in [1.54, 1.807) is 0 Å². The molecule has 1 aromatic rings. The van der Waals surface area contributed by atoms with Gasteiger partial charge in [0.2, 0.25) is 0 Å². The van der Waals surface area contributed by atoms with E-state index in [1.807, 2.05) is 19.1 Å². The van der Waals surface area contributed by atoms with Crippen LogP contribution >= 0.6 is 0 Å². The second-order valence-corrected chi connectivity index (χ2v) is 3.75. The minimum atomic E-state index is -0.345. The van der Waals surface area contributed by atoms with Gasteiger partial charge >= 0.3 is 0 Å². The van der Waals surface area contributed by atoms with Gasteiger partial charge in [-0.25, -0.2) is 0 Å². The summed E-state index contributed by atoms with van der Waals surface area (Å²) in [5, 5.41) is 0. The van der Waals surface area contributed by atoms with E-state index in [0.717, 1.165) is 6.42 Å². The lowest BCUT2D eigenvalue weighted by Gasteiger charge is -2.12. The number of nitrogens with two attached hydrogens (primary N) is 1. The molecule has 0 spiro atoms. The summed E-state index contributed by atoms with van der Waals surface area (Å²) < 4.78 is 0. The van der Waals surface area contributed by atoms with Gasteiger partial charge in [0.1, 0.15) is 5.78 Å². The lowest BCUT2D eigenvalue weighted by molar-refractivity contribution is -0.119. The first kappa shape index (κ1) is 11.9. The van der Waals surface area contributed by atoms with Crippen molar-refractivity contribution in [2.75, 3.05) is 0 Å². The van der Waals surface area contributed by atoms with Crippen LogP contribution in [-0.4, -0.2) is 11.8 Å². The Bertz CT molecular complexity index is 338. The Morgan fingerprint density at radius 2 is 1.93 bits per heavy atom. The van der Waals surface area contributed by atoms with Gasteiger partial charge < -0.3 is 5.73 Å². The van der Waals surface area contributed by atoms with Gasteiger partial charge in [0, 0.05) is 7.85 Å². The molecule has 0 fully saturated rings. The van der Waals surface area contributed by atoms with Crippen LogP contribution in [0.25, 0.3) is 0 Å². The fraction of sp³-hybridized carbons (Fsp3) is 0.462. The van der Waals surface area contributed by atoms with Crippen molar-refractivity contribution in [3.8, 4) is 0 Å². The van der Waals surface area contributed by atoms with E-state index < -0.39 is 0 Å². The Kier molecular flexibility index (Phi) is 4.50. The van der Waals surface area contributed by atoms with E-state index >= 15 is 0 Å². The highest BCUT2D eigenvalue weighted by atomic mass is 16.1. The molecule has 0 aliphatic heterocycles. The van der Waals surface area contributed by atoms with E-state index in [4.69, 9.17) is 5.73 Å². The quantitative estimate of drug-likeness (QED) is 0.805. The minimum absolute atomic E-state index is 0. The van der Waals surface area contributed by atoms with Crippen molar-refractivity contribution in [1.82, 2.24) is 0 Å². The second kappa shape index (κ2) is 5.66. The number of carbonyl (C=O) groups is 1. The van der Waals surface area contributed by atoms with Gasteiger partial charge in [0.25, 0.3) is 0 Å². The van der Waals surface area contributed by atoms with Gasteiger partial charge in [-0.3, -0.25) is 4.79 Å². The van der Waals surface area contributed by atoms with Crippen molar-refractivity contribution in [3.63, 3.8) is 0 Å². The molecule has 2 N–H and O–H groups in total. The Labute approximate surface area is 93.0 Å². The zero-order valence-corrected chi connectivity index (χ0v) is 9.49. The molecule has 1 atom stereocenters. The zero-order valence-electron chi connectivity index (χ0n) is 9.49. The number of hydrogen-bond acceptors (Lipinski definition) is 2. The van der Waals surface area contributed by atoms with Crippen LogP contribution in [0, 0.1) is 0 Å². The molecule has 1 unspecified atom stereocenters. The van der Waals surface area contributed by atoms with Crippen molar-refractivity contribution in [2.45, 2.75) is 39.2 Å². The largest absolute Gasteiger partial charge is 0.321 e. The standard InChI is InChI=1S/C13H19NO.H2/c1-3-10-7-5-6-8-11(10)9-12(14)13(15)4-2;/h5-8,12H,3-4,9,14H2,1-2H3;1H. The predicted molar refractivity (Wildman–Crippen MR) is 64.9 cm³/mol. The van der Waals surface area contributed by atoms with E-state index in [1.165, 1.54) is 11.1 Å². The number of ketones is 1. The van der Waals surface area contributed by atoms with Crippen LogP contribution < -0.4 is 5.73 Å². The van der Waals surface area contributed by atoms with Crippen molar-refractivity contribution >= 4 is 5.78 Å². The van der Waals surface area contributed by atoms with Crippen LogP contribution in [0.15, 0.2) is 24.3 Å². The molecule has 84 valence electrons. The Morgan fingerprint density at radius 3 is 2.47 bits per heavy atom. The maximum Gasteiger partial charge on any atom is 0.149 e. The summed E-state index contributed by atoms with van der Waals surface area (Å²) in [5.41, 5.74) is 8.33.